The molecule has 9 nitrogen and oxygen atoms in total. The number of halogens is 4. The Morgan fingerprint density at radius 3 is 2.12 bits per heavy atom. The molecular formula is C21H20ClF3N2O7. The number of alkyl halides is 3. The van der Waals surface area contributed by atoms with Crippen LogP contribution in [-0.4, -0.2) is 53.7 Å². The summed E-state index contributed by atoms with van der Waals surface area (Å²) in [7, 11) is 1.23. The van der Waals surface area contributed by atoms with Crippen molar-refractivity contribution in [3.05, 3.63) is 64.7 Å². The molecule has 0 bridgehead atoms. The highest BCUT2D eigenvalue weighted by Crippen LogP contribution is 2.33. The van der Waals surface area contributed by atoms with Gasteiger partial charge in [-0.3, -0.25) is 14.9 Å². The van der Waals surface area contributed by atoms with Crippen molar-refractivity contribution in [2.75, 3.05) is 19.0 Å². The number of hydrogen-bond donors (Lipinski definition) is 4. The van der Waals surface area contributed by atoms with Crippen molar-refractivity contribution < 1.29 is 47.3 Å². The minimum Gasteiger partial charge on any atom is -0.473 e. The first-order valence-electron chi connectivity index (χ1n) is 9.33. The third kappa shape index (κ3) is 9.88. The van der Waals surface area contributed by atoms with E-state index in [0.717, 1.165) is 23.8 Å². The third-order valence-corrected chi connectivity index (χ3v) is 4.36. The number of anilines is 1. The predicted octanol–water partition coefficient (Wildman–Crippen LogP) is 2.83. The monoisotopic (exact) mass is 504 g/mol. The Labute approximate surface area is 196 Å². The molecule has 0 saturated carbocycles. The Morgan fingerprint density at radius 1 is 1.03 bits per heavy atom. The van der Waals surface area contributed by atoms with Gasteiger partial charge >= 0.3 is 24.1 Å². The smallest absolute Gasteiger partial charge is 0.416 e. The number of carbonyl (C=O) groups excluding carboxylic acids is 2. The zero-order chi connectivity index (χ0) is 25.9. The van der Waals surface area contributed by atoms with Crippen LogP contribution in [0, 0.1) is 0 Å². The number of carbonyl (C=O) groups is 4. The highest BCUT2D eigenvalue weighted by molar-refractivity contribution is 6.33. The molecule has 1 atom stereocenters. The number of ether oxygens (including phenoxy) is 1. The molecule has 2 aromatic rings. The van der Waals surface area contributed by atoms with E-state index in [2.05, 4.69) is 10.6 Å². The van der Waals surface area contributed by atoms with Crippen LogP contribution in [0.4, 0.5) is 18.9 Å². The summed E-state index contributed by atoms with van der Waals surface area (Å²) in [5, 5.41) is 19.8. The van der Waals surface area contributed by atoms with E-state index in [9.17, 15) is 22.8 Å². The Morgan fingerprint density at radius 2 is 1.62 bits per heavy atom. The molecule has 0 saturated heterocycles. The van der Waals surface area contributed by atoms with E-state index in [-0.39, 0.29) is 23.7 Å². The molecule has 34 heavy (non-hydrogen) atoms. The maximum absolute atomic E-state index is 12.8. The maximum atomic E-state index is 12.8. The van der Waals surface area contributed by atoms with Crippen molar-refractivity contribution in [1.29, 1.82) is 0 Å². The van der Waals surface area contributed by atoms with Gasteiger partial charge in [-0.15, -0.1) is 0 Å². The van der Waals surface area contributed by atoms with Crippen LogP contribution in [0.5, 0.6) is 0 Å². The van der Waals surface area contributed by atoms with Crippen LogP contribution in [0.1, 0.15) is 11.1 Å². The van der Waals surface area contributed by atoms with Crippen LogP contribution in [0.3, 0.4) is 0 Å². The van der Waals surface area contributed by atoms with Crippen LogP contribution in [0.15, 0.2) is 48.5 Å². The van der Waals surface area contributed by atoms with Crippen LogP contribution in [-0.2, 0) is 36.5 Å². The van der Waals surface area contributed by atoms with Gasteiger partial charge in [-0.05, 0) is 30.2 Å². The largest absolute Gasteiger partial charge is 0.473 e. The Balaban J connectivity index is 0.000000852. The van der Waals surface area contributed by atoms with Gasteiger partial charge in [0.1, 0.15) is 6.04 Å². The second-order valence-corrected chi connectivity index (χ2v) is 6.90. The van der Waals surface area contributed by atoms with Gasteiger partial charge in [0, 0.05) is 0 Å². The average molecular weight is 505 g/mol. The van der Waals surface area contributed by atoms with Gasteiger partial charge in [-0.25, -0.2) is 9.59 Å². The van der Waals surface area contributed by atoms with Gasteiger partial charge in [-0.2, -0.15) is 13.2 Å². The lowest BCUT2D eigenvalue weighted by molar-refractivity contribution is -0.159. The minimum atomic E-state index is -4.56. The Hall–Kier alpha value is -3.64. The van der Waals surface area contributed by atoms with Gasteiger partial charge in [0.25, 0.3) is 0 Å². The molecule has 0 aliphatic rings. The number of rotatable bonds is 7. The topological polar surface area (TPSA) is 142 Å². The molecule has 0 radical (unpaired) electrons. The number of carboxylic acids is 2. The minimum absolute atomic E-state index is 0.0323. The number of amides is 1. The second kappa shape index (κ2) is 13.2. The lowest BCUT2D eigenvalue weighted by atomic mass is 10.1. The van der Waals surface area contributed by atoms with Gasteiger partial charge in [0.2, 0.25) is 5.91 Å². The average Bonchev–Trinajstić information content (AvgIpc) is 2.77. The number of aliphatic carboxylic acids is 2. The van der Waals surface area contributed by atoms with Crippen LogP contribution >= 0.6 is 11.6 Å². The summed E-state index contributed by atoms with van der Waals surface area (Å²) in [5.74, 6) is -4.86. The summed E-state index contributed by atoms with van der Waals surface area (Å²) >= 11 is 5.86. The highest BCUT2D eigenvalue weighted by Gasteiger charge is 2.31. The van der Waals surface area contributed by atoms with Crippen molar-refractivity contribution in [2.45, 2.75) is 18.6 Å². The van der Waals surface area contributed by atoms with Gasteiger partial charge < -0.3 is 20.3 Å². The number of nitrogens with one attached hydrogen (secondary N) is 2. The number of hydrogen-bond acceptors (Lipinski definition) is 6. The highest BCUT2D eigenvalue weighted by atomic mass is 35.5. The first-order chi connectivity index (χ1) is 15.8. The third-order valence-electron chi connectivity index (χ3n) is 4.03. The van der Waals surface area contributed by atoms with Crippen LogP contribution in [0.2, 0.25) is 5.02 Å². The molecule has 0 spiro atoms. The fourth-order valence-electron chi connectivity index (χ4n) is 2.44. The lowest BCUT2D eigenvalue weighted by Crippen LogP contribution is -2.43. The van der Waals surface area contributed by atoms with Crippen molar-refractivity contribution in [3.63, 3.8) is 0 Å². The summed E-state index contributed by atoms with van der Waals surface area (Å²) in [6.45, 7) is -0.320. The number of benzene rings is 2. The van der Waals surface area contributed by atoms with E-state index >= 15 is 0 Å². The van der Waals surface area contributed by atoms with E-state index in [0.29, 0.717) is 0 Å². The van der Waals surface area contributed by atoms with Crippen molar-refractivity contribution in [3.8, 4) is 0 Å². The fraction of sp³-hybridized carbons (Fsp3) is 0.238. The normalized spacial score (nSPS) is 11.4. The van der Waals surface area contributed by atoms with Gasteiger partial charge in [0.15, 0.2) is 0 Å². The quantitative estimate of drug-likeness (QED) is 0.333. The van der Waals surface area contributed by atoms with Crippen molar-refractivity contribution in [1.82, 2.24) is 5.32 Å². The standard InChI is InChI=1S/C19H18ClF3N2O3.C2H2O4/c1-28-18(27)16(9-12-5-3-2-4-6-12)24-11-17(26)25-15-10-13(19(21,22)23)7-8-14(15)20;3-1(4)2(5)6/h2-8,10,16,24H,9,11H2,1H3,(H,25,26);(H,3,4)(H,5,6). The molecule has 1 amide bonds. The molecule has 2 aromatic carbocycles. The molecule has 13 heteroatoms. The summed E-state index contributed by atoms with van der Waals surface area (Å²) in [5.41, 5.74) is -0.246. The van der Waals surface area contributed by atoms with E-state index in [1.807, 2.05) is 30.3 Å². The molecular weight excluding hydrogens is 485 g/mol. The molecule has 2 rings (SSSR count). The van der Waals surface area contributed by atoms with Crippen LogP contribution in [0.25, 0.3) is 0 Å². The van der Waals surface area contributed by atoms with Gasteiger partial charge in [0.05, 0.1) is 29.9 Å². The summed E-state index contributed by atoms with van der Waals surface area (Å²) in [6.07, 6.45) is -4.28. The van der Waals surface area contributed by atoms with E-state index < -0.39 is 41.6 Å². The predicted molar refractivity (Wildman–Crippen MR) is 114 cm³/mol. The first-order valence-corrected chi connectivity index (χ1v) is 9.70. The molecule has 0 fully saturated rings. The zero-order valence-corrected chi connectivity index (χ0v) is 18.3. The number of esters is 1. The zero-order valence-electron chi connectivity index (χ0n) is 17.6. The first kappa shape index (κ1) is 28.4. The van der Waals surface area contributed by atoms with E-state index in [4.69, 9.17) is 36.1 Å². The second-order valence-electron chi connectivity index (χ2n) is 6.50. The van der Waals surface area contributed by atoms with Gasteiger partial charge in [-0.1, -0.05) is 41.9 Å². The molecule has 0 heterocycles. The Kier molecular flexibility index (Phi) is 11.0. The molecule has 4 N–H and O–H groups in total. The van der Waals surface area contributed by atoms with E-state index in [1.54, 1.807) is 0 Å². The lowest BCUT2D eigenvalue weighted by Gasteiger charge is -2.17. The van der Waals surface area contributed by atoms with E-state index in [1.165, 1.54) is 7.11 Å². The molecule has 0 aliphatic carbocycles. The maximum Gasteiger partial charge on any atom is 0.416 e. The molecule has 0 aromatic heterocycles. The molecule has 1 unspecified atom stereocenters. The Bertz CT molecular complexity index is 1010. The molecule has 184 valence electrons. The number of methoxy groups -OCH3 is 1. The van der Waals surface area contributed by atoms with Crippen molar-refractivity contribution >= 4 is 41.1 Å². The SMILES string of the molecule is COC(=O)C(Cc1ccccc1)NCC(=O)Nc1cc(C(F)(F)F)ccc1Cl.O=C(O)C(=O)O. The van der Waals surface area contributed by atoms with Crippen molar-refractivity contribution in [2.24, 2.45) is 0 Å². The van der Waals surface area contributed by atoms with Crippen LogP contribution < -0.4 is 10.6 Å². The summed E-state index contributed by atoms with van der Waals surface area (Å²) in [4.78, 5) is 42.3. The summed E-state index contributed by atoms with van der Waals surface area (Å²) < 4.78 is 43.1. The molecule has 0 aliphatic heterocycles. The fourth-order valence-corrected chi connectivity index (χ4v) is 2.60. The number of carboxylic acid groups (broad SMARTS) is 2. The summed E-state index contributed by atoms with van der Waals surface area (Å²) in [6, 6.07) is 10.9.